The summed E-state index contributed by atoms with van der Waals surface area (Å²) in [6, 6.07) is 9.86. The fraction of sp³-hybridized carbons (Fsp3) is 0.182. The fourth-order valence-corrected chi connectivity index (χ4v) is 1.33. The molecule has 0 fully saturated rings. The fourth-order valence-electron chi connectivity index (χ4n) is 1.33. The number of benzene rings is 1. The van der Waals surface area contributed by atoms with Crippen molar-refractivity contribution in [1.29, 1.82) is 0 Å². The van der Waals surface area contributed by atoms with Crippen LogP contribution < -0.4 is 4.74 Å². The zero-order valence-corrected chi connectivity index (χ0v) is 8.24. The third-order valence-corrected chi connectivity index (χ3v) is 2.09. The second-order valence-corrected chi connectivity index (χ2v) is 3.16. The summed E-state index contributed by atoms with van der Waals surface area (Å²) in [5.74, 6) is 0.862. The van der Waals surface area contributed by atoms with Gasteiger partial charge in [-0.3, -0.25) is 5.10 Å². The maximum atomic E-state index is 5.08. The monoisotopic (exact) mass is 188 g/mol. The number of methoxy groups -OCH3 is 1. The van der Waals surface area contributed by atoms with Gasteiger partial charge in [-0.1, -0.05) is 0 Å². The van der Waals surface area contributed by atoms with Crippen LogP contribution in [-0.4, -0.2) is 17.3 Å². The van der Waals surface area contributed by atoms with E-state index in [9.17, 15) is 0 Å². The summed E-state index contributed by atoms with van der Waals surface area (Å²) in [6.45, 7) is 1.99. The molecule has 0 atom stereocenters. The highest BCUT2D eigenvalue weighted by Crippen LogP contribution is 2.20. The molecule has 14 heavy (non-hydrogen) atoms. The van der Waals surface area contributed by atoms with Crippen LogP contribution in [0.1, 0.15) is 5.69 Å². The number of aromatic nitrogens is 2. The van der Waals surface area contributed by atoms with E-state index in [1.807, 2.05) is 37.3 Å². The molecule has 1 heterocycles. The van der Waals surface area contributed by atoms with Crippen molar-refractivity contribution in [3.63, 3.8) is 0 Å². The van der Waals surface area contributed by atoms with Crippen molar-refractivity contribution in [3.05, 3.63) is 36.0 Å². The molecule has 0 saturated heterocycles. The Hall–Kier alpha value is -1.77. The first-order valence-corrected chi connectivity index (χ1v) is 4.46. The van der Waals surface area contributed by atoms with Crippen molar-refractivity contribution in [3.8, 4) is 17.0 Å². The van der Waals surface area contributed by atoms with Gasteiger partial charge < -0.3 is 4.74 Å². The zero-order chi connectivity index (χ0) is 9.97. The van der Waals surface area contributed by atoms with Crippen LogP contribution in [-0.2, 0) is 0 Å². The van der Waals surface area contributed by atoms with E-state index < -0.39 is 0 Å². The van der Waals surface area contributed by atoms with Gasteiger partial charge in [-0.25, -0.2) is 0 Å². The Morgan fingerprint density at radius 1 is 1.21 bits per heavy atom. The van der Waals surface area contributed by atoms with Crippen molar-refractivity contribution in [2.45, 2.75) is 6.92 Å². The second-order valence-electron chi connectivity index (χ2n) is 3.16. The number of H-pyrrole nitrogens is 1. The highest BCUT2D eigenvalue weighted by molar-refractivity contribution is 5.60. The Bertz CT molecular complexity index is 417. The van der Waals surface area contributed by atoms with Crippen LogP contribution >= 0.6 is 0 Å². The molecular formula is C11H12N2O. The molecule has 0 aliphatic heterocycles. The smallest absolute Gasteiger partial charge is 0.118 e. The number of aromatic amines is 1. The van der Waals surface area contributed by atoms with Crippen LogP contribution in [0.4, 0.5) is 0 Å². The first kappa shape index (κ1) is 8.81. The first-order valence-electron chi connectivity index (χ1n) is 4.46. The molecule has 1 N–H and O–H groups in total. The van der Waals surface area contributed by atoms with Crippen LogP contribution in [0, 0.1) is 6.92 Å². The molecule has 0 aliphatic carbocycles. The van der Waals surface area contributed by atoms with Gasteiger partial charge in [-0.15, -0.1) is 0 Å². The Kier molecular flexibility index (Phi) is 2.23. The molecule has 0 spiro atoms. The van der Waals surface area contributed by atoms with E-state index in [-0.39, 0.29) is 0 Å². The highest BCUT2D eigenvalue weighted by Gasteiger charge is 2.01. The lowest BCUT2D eigenvalue weighted by molar-refractivity contribution is 0.415. The number of aryl methyl sites for hydroxylation is 1. The van der Waals surface area contributed by atoms with E-state index in [0.29, 0.717) is 0 Å². The van der Waals surface area contributed by atoms with Crippen molar-refractivity contribution >= 4 is 0 Å². The van der Waals surface area contributed by atoms with Gasteiger partial charge in [0.25, 0.3) is 0 Å². The Balaban J connectivity index is 2.33. The third-order valence-electron chi connectivity index (χ3n) is 2.09. The lowest BCUT2D eigenvalue weighted by atomic mass is 10.1. The SMILES string of the molecule is COc1ccc(-c2cc(C)[nH]n2)cc1. The minimum Gasteiger partial charge on any atom is -0.497 e. The van der Waals surface area contributed by atoms with Crippen molar-refractivity contribution < 1.29 is 4.74 Å². The van der Waals surface area contributed by atoms with Gasteiger partial charge in [-0.2, -0.15) is 5.10 Å². The quantitative estimate of drug-likeness (QED) is 0.785. The van der Waals surface area contributed by atoms with Gasteiger partial charge in [0.15, 0.2) is 0 Å². The molecule has 0 saturated carbocycles. The number of rotatable bonds is 2. The number of hydrogen-bond acceptors (Lipinski definition) is 2. The molecule has 2 rings (SSSR count). The summed E-state index contributed by atoms with van der Waals surface area (Å²) >= 11 is 0. The lowest BCUT2D eigenvalue weighted by Gasteiger charge is -1.99. The van der Waals surface area contributed by atoms with Gasteiger partial charge in [-0.05, 0) is 37.3 Å². The molecular weight excluding hydrogens is 176 g/mol. The van der Waals surface area contributed by atoms with E-state index in [1.165, 1.54) is 0 Å². The van der Waals surface area contributed by atoms with Gasteiger partial charge in [0.05, 0.1) is 12.8 Å². The van der Waals surface area contributed by atoms with E-state index in [1.54, 1.807) is 7.11 Å². The standard InChI is InChI=1S/C11H12N2O/c1-8-7-11(13-12-8)9-3-5-10(14-2)6-4-9/h3-7H,1-2H3,(H,12,13). The topological polar surface area (TPSA) is 37.9 Å². The lowest BCUT2D eigenvalue weighted by Crippen LogP contribution is -1.82. The number of nitrogens with zero attached hydrogens (tertiary/aromatic N) is 1. The Morgan fingerprint density at radius 2 is 1.93 bits per heavy atom. The third kappa shape index (κ3) is 1.62. The van der Waals surface area contributed by atoms with Crippen molar-refractivity contribution in [1.82, 2.24) is 10.2 Å². The summed E-state index contributed by atoms with van der Waals surface area (Å²) in [5.41, 5.74) is 3.12. The first-order chi connectivity index (χ1) is 6.79. The molecule has 0 aliphatic rings. The zero-order valence-electron chi connectivity index (χ0n) is 8.24. The molecule has 0 unspecified atom stereocenters. The minimum atomic E-state index is 0.862. The molecule has 1 aromatic heterocycles. The highest BCUT2D eigenvalue weighted by atomic mass is 16.5. The Labute approximate surface area is 82.7 Å². The molecule has 1 aromatic carbocycles. The minimum absolute atomic E-state index is 0.862. The summed E-state index contributed by atoms with van der Waals surface area (Å²) in [4.78, 5) is 0. The summed E-state index contributed by atoms with van der Waals surface area (Å²) in [7, 11) is 1.66. The molecule has 0 amide bonds. The summed E-state index contributed by atoms with van der Waals surface area (Å²) in [5, 5.41) is 7.09. The molecule has 72 valence electrons. The molecule has 3 nitrogen and oxygen atoms in total. The summed E-state index contributed by atoms with van der Waals surface area (Å²) < 4.78 is 5.08. The largest absolute Gasteiger partial charge is 0.497 e. The van der Waals surface area contributed by atoms with Gasteiger partial charge in [0.1, 0.15) is 5.75 Å². The van der Waals surface area contributed by atoms with Crippen LogP contribution in [0.25, 0.3) is 11.3 Å². The Morgan fingerprint density at radius 3 is 2.43 bits per heavy atom. The van der Waals surface area contributed by atoms with E-state index in [4.69, 9.17) is 4.74 Å². The van der Waals surface area contributed by atoms with Crippen molar-refractivity contribution in [2.75, 3.05) is 7.11 Å². The number of hydrogen-bond donors (Lipinski definition) is 1. The molecule has 2 aromatic rings. The maximum Gasteiger partial charge on any atom is 0.118 e. The van der Waals surface area contributed by atoms with Gasteiger partial charge in [0, 0.05) is 11.3 Å². The molecule has 0 bridgehead atoms. The average Bonchev–Trinajstić information content (AvgIpc) is 2.65. The van der Waals surface area contributed by atoms with E-state index >= 15 is 0 Å². The maximum absolute atomic E-state index is 5.08. The van der Waals surface area contributed by atoms with Crippen LogP contribution in [0.5, 0.6) is 5.75 Å². The normalized spacial score (nSPS) is 10.1. The van der Waals surface area contributed by atoms with Crippen LogP contribution in [0.2, 0.25) is 0 Å². The molecule has 0 radical (unpaired) electrons. The van der Waals surface area contributed by atoms with Crippen molar-refractivity contribution in [2.24, 2.45) is 0 Å². The van der Waals surface area contributed by atoms with Crippen LogP contribution in [0.3, 0.4) is 0 Å². The van der Waals surface area contributed by atoms with Crippen LogP contribution in [0.15, 0.2) is 30.3 Å². The summed E-state index contributed by atoms with van der Waals surface area (Å²) in [6.07, 6.45) is 0. The van der Waals surface area contributed by atoms with E-state index in [0.717, 1.165) is 22.7 Å². The predicted octanol–water partition coefficient (Wildman–Crippen LogP) is 2.39. The number of nitrogens with one attached hydrogen (secondary N) is 1. The van der Waals surface area contributed by atoms with Gasteiger partial charge in [0.2, 0.25) is 0 Å². The molecule has 3 heteroatoms. The van der Waals surface area contributed by atoms with Gasteiger partial charge >= 0.3 is 0 Å². The average molecular weight is 188 g/mol. The second kappa shape index (κ2) is 3.54. The van der Waals surface area contributed by atoms with E-state index in [2.05, 4.69) is 10.2 Å². The number of ether oxygens (including phenoxy) is 1. The predicted molar refractivity (Wildman–Crippen MR) is 55.3 cm³/mol.